The third-order valence-corrected chi connectivity index (χ3v) is 6.27. The minimum Gasteiger partial charge on any atom is -0.342 e. The van der Waals surface area contributed by atoms with Gasteiger partial charge in [0.15, 0.2) is 0 Å². The number of pyridine rings is 1. The lowest BCUT2D eigenvalue weighted by Crippen LogP contribution is -2.36. The minimum absolute atomic E-state index is 0.122. The van der Waals surface area contributed by atoms with Crippen molar-refractivity contribution in [3.05, 3.63) is 18.3 Å². The highest BCUT2D eigenvalue weighted by Crippen LogP contribution is 2.20. The van der Waals surface area contributed by atoms with Crippen LogP contribution in [0.15, 0.2) is 28.3 Å². The fourth-order valence-electron chi connectivity index (χ4n) is 2.19. The molecule has 1 aliphatic rings. The molecule has 0 aliphatic carbocycles. The van der Waals surface area contributed by atoms with Gasteiger partial charge >= 0.3 is 0 Å². The van der Waals surface area contributed by atoms with Crippen LogP contribution in [0.4, 0.5) is 0 Å². The molecular formula is C14H21N3O3S2. The molecule has 2 rings (SSSR count). The molecule has 0 atom stereocenters. The van der Waals surface area contributed by atoms with Gasteiger partial charge < -0.3 is 4.90 Å². The SMILES string of the molecule is CN(C)S(=O)(=O)c1ccc(SCC(=O)N2CCCCC2)nc1. The third-order valence-electron chi connectivity index (χ3n) is 3.54. The van der Waals surface area contributed by atoms with Crippen LogP contribution in [0.3, 0.4) is 0 Å². The molecule has 1 aromatic rings. The van der Waals surface area contributed by atoms with Crippen molar-refractivity contribution in [1.82, 2.24) is 14.2 Å². The maximum absolute atomic E-state index is 12.1. The Morgan fingerprint density at radius 3 is 2.50 bits per heavy atom. The van der Waals surface area contributed by atoms with Crippen LogP contribution in [0.25, 0.3) is 0 Å². The summed E-state index contributed by atoms with van der Waals surface area (Å²) in [6.45, 7) is 1.68. The molecule has 1 fully saturated rings. The summed E-state index contributed by atoms with van der Waals surface area (Å²) in [5.41, 5.74) is 0. The van der Waals surface area contributed by atoms with E-state index in [2.05, 4.69) is 4.98 Å². The molecule has 8 heteroatoms. The number of aromatic nitrogens is 1. The highest BCUT2D eigenvalue weighted by molar-refractivity contribution is 7.99. The summed E-state index contributed by atoms with van der Waals surface area (Å²) < 4.78 is 25.0. The van der Waals surface area contributed by atoms with Crippen LogP contribution in [0.2, 0.25) is 0 Å². The summed E-state index contributed by atoms with van der Waals surface area (Å²) in [7, 11) is -0.493. The zero-order chi connectivity index (χ0) is 16.2. The van der Waals surface area contributed by atoms with Crippen molar-refractivity contribution in [2.24, 2.45) is 0 Å². The van der Waals surface area contributed by atoms with E-state index in [9.17, 15) is 13.2 Å². The quantitative estimate of drug-likeness (QED) is 0.757. The molecule has 1 amide bonds. The smallest absolute Gasteiger partial charge is 0.244 e. The van der Waals surface area contributed by atoms with Gasteiger partial charge in [0, 0.05) is 33.4 Å². The van der Waals surface area contributed by atoms with Crippen LogP contribution in [-0.4, -0.2) is 61.5 Å². The molecule has 2 heterocycles. The number of hydrogen-bond donors (Lipinski definition) is 0. The fraction of sp³-hybridized carbons (Fsp3) is 0.571. The van der Waals surface area contributed by atoms with Gasteiger partial charge in [0.25, 0.3) is 0 Å². The first-order valence-electron chi connectivity index (χ1n) is 7.20. The van der Waals surface area contributed by atoms with Gasteiger partial charge in [-0.25, -0.2) is 17.7 Å². The molecular weight excluding hydrogens is 322 g/mol. The Morgan fingerprint density at radius 1 is 1.27 bits per heavy atom. The number of thioether (sulfide) groups is 1. The molecule has 1 aromatic heterocycles. The molecule has 0 spiro atoms. The Morgan fingerprint density at radius 2 is 1.95 bits per heavy atom. The van der Waals surface area contributed by atoms with Crippen LogP contribution < -0.4 is 0 Å². The van der Waals surface area contributed by atoms with Gasteiger partial charge in [0.05, 0.1) is 10.8 Å². The van der Waals surface area contributed by atoms with Crippen molar-refractivity contribution in [3.8, 4) is 0 Å². The zero-order valence-corrected chi connectivity index (χ0v) is 14.5. The van der Waals surface area contributed by atoms with Crippen molar-refractivity contribution >= 4 is 27.7 Å². The summed E-state index contributed by atoms with van der Waals surface area (Å²) in [6.07, 6.45) is 4.68. The van der Waals surface area contributed by atoms with Crippen LogP contribution >= 0.6 is 11.8 Å². The molecule has 0 aromatic carbocycles. The average molecular weight is 343 g/mol. The molecule has 22 heavy (non-hydrogen) atoms. The molecule has 1 saturated heterocycles. The van der Waals surface area contributed by atoms with E-state index in [4.69, 9.17) is 0 Å². The molecule has 0 N–H and O–H groups in total. The molecule has 0 bridgehead atoms. The Balaban J connectivity index is 1.93. The maximum atomic E-state index is 12.1. The lowest BCUT2D eigenvalue weighted by Gasteiger charge is -2.26. The number of carbonyl (C=O) groups excluding carboxylic acids is 1. The second-order valence-corrected chi connectivity index (χ2v) is 8.50. The highest BCUT2D eigenvalue weighted by atomic mass is 32.2. The van der Waals surface area contributed by atoms with Crippen LogP contribution in [0.1, 0.15) is 19.3 Å². The summed E-state index contributed by atoms with van der Waals surface area (Å²) in [6, 6.07) is 3.17. The third kappa shape index (κ3) is 4.21. The predicted molar refractivity (Wildman–Crippen MR) is 86.3 cm³/mol. The number of sulfonamides is 1. The molecule has 6 nitrogen and oxygen atoms in total. The highest BCUT2D eigenvalue weighted by Gasteiger charge is 2.19. The fourth-order valence-corrected chi connectivity index (χ4v) is 3.78. The Labute approximate surface area is 135 Å². The van der Waals surface area contributed by atoms with Gasteiger partial charge in [-0.15, -0.1) is 0 Å². The topological polar surface area (TPSA) is 70.6 Å². The molecule has 1 aliphatic heterocycles. The van der Waals surface area contributed by atoms with Crippen molar-refractivity contribution in [3.63, 3.8) is 0 Å². The van der Waals surface area contributed by atoms with Gasteiger partial charge in [-0.05, 0) is 31.4 Å². The normalized spacial score (nSPS) is 16.0. The first-order chi connectivity index (χ1) is 10.4. The number of piperidine rings is 1. The first-order valence-corrected chi connectivity index (χ1v) is 9.63. The largest absolute Gasteiger partial charge is 0.342 e. The maximum Gasteiger partial charge on any atom is 0.244 e. The van der Waals surface area contributed by atoms with E-state index in [1.807, 2.05) is 4.90 Å². The summed E-state index contributed by atoms with van der Waals surface area (Å²) >= 11 is 1.34. The number of carbonyl (C=O) groups is 1. The molecule has 0 radical (unpaired) electrons. The molecule has 0 saturated carbocycles. The second kappa shape index (κ2) is 7.43. The zero-order valence-electron chi connectivity index (χ0n) is 12.9. The minimum atomic E-state index is -3.46. The van der Waals surface area contributed by atoms with Crippen LogP contribution in [0.5, 0.6) is 0 Å². The van der Waals surface area contributed by atoms with Crippen molar-refractivity contribution in [2.45, 2.75) is 29.2 Å². The van der Waals surface area contributed by atoms with E-state index in [1.54, 1.807) is 6.07 Å². The van der Waals surface area contributed by atoms with Crippen molar-refractivity contribution in [1.29, 1.82) is 0 Å². The molecule has 0 unspecified atom stereocenters. The van der Waals surface area contributed by atoms with E-state index < -0.39 is 10.0 Å². The Hall–Kier alpha value is -1.12. The van der Waals surface area contributed by atoms with Crippen LogP contribution in [0, 0.1) is 0 Å². The Bertz CT molecular complexity index is 609. The van der Waals surface area contributed by atoms with E-state index in [1.165, 1.54) is 44.5 Å². The van der Waals surface area contributed by atoms with E-state index >= 15 is 0 Å². The predicted octanol–water partition coefficient (Wildman–Crippen LogP) is 1.44. The van der Waals surface area contributed by atoms with Crippen molar-refractivity contribution < 1.29 is 13.2 Å². The first kappa shape index (κ1) is 17.2. The summed E-state index contributed by atoms with van der Waals surface area (Å²) in [4.78, 5) is 18.2. The lowest BCUT2D eigenvalue weighted by atomic mass is 10.1. The monoisotopic (exact) mass is 343 g/mol. The van der Waals surface area contributed by atoms with Gasteiger partial charge in [-0.3, -0.25) is 4.79 Å². The van der Waals surface area contributed by atoms with Gasteiger partial charge in [-0.2, -0.15) is 0 Å². The number of amides is 1. The number of rotatable bonds is 5. The van der Waals surface area contributed by atoms with Crippen molar-refractivity contribution in [2.75, 3.05) is 32.9 Å². The summed E-state index contributed by atoms with van der Waals surface area (Å²) in [5.74, 6) is 0.462. The number of likely N-dealkylation sites (tertiary alicyclic amines) is 1. The van der Waals surface area contributed by atoms with Gasteiger partial charge in [0.1, 0.15) is 4.90 Å². The van der Waals surface area contributed by atoms with E-state index in [0.717, 1.165) is 30.2 Å². The number of hydrogen-bond acceptors (Lipinski definition) is 5. The second-order valence-electron chi connectivity index (χ2n) is 5.35. The molecule has 122 valence electrons. The van der Waals surface area contributed by atoms with Gasteiger partial charge in [0.2, 0.25) is 15.9 Å². The number of nitrogens with zero attached hydrogens (tertiary/aromatic N) is 3. The standard InChI is InChI=1S/C14H21N3O3S2/c1-16(2)22(19,20)12-6-7-13(15-10-12)21-11-14(18)17-8-4-3-5-9-17/h6-7,10H,3-5,8-9,11H2,1-2H3. The summed E-state index contributed by atoms with van der Waals surface area (Å²) in [5, 5.41) is 0.656. The lowest BCUT2D eigenvalue weighted by molar-refractivity contribution is -0.129. The van der Waals surface area contributed by atoms with Gasteiger partial charge in [-0.1, -0.05) is 11.8 Å². The van der Waals surface area contributed by atoms with E-state index in [-0.39, 0.29) is 10.8 Å². The Kier molecular flexibility index (Phi) is 5.82. The van der Waals surface area contributed by atoms with E-state index in [0.29, 0.717) is 10.8 Å². The average Bonchev–Trinajstić information content (AvgIpc) is 2.53. The van der Waals surface area contributed by atoms with Crippen LogP contribution in [-0.2, 0) is 14.8 Å².